The molecule has 124 valence electrons. The highest BCUT2D eigenvalue weighted by Gasteiger charge is 2.25. The van der Waals surface area contributed by atoms with Crippen molar-refractivity contribution in [3.8, 4) is 11.1 Å². The average molecular weight is 379 g/mol. The van der Waals surface area contributed by atoms with Gasteiger partial charge in [-0.3, -0.25) is 5.41 Å². The number of benzene rings is 1. The van der Waals surface area contributed by atoms with Crippen molar-refractivity contribution < 1.29 is 12.8 Å². The summed E-state index contributed by atoms with van der Waals surface area (Å²) >= 11 is 2.54. The van der Waals surface area contributed by atoms with Crippen LogP contribution in [0, 0.1) is 5.41 Å². The molecule has 3 aromatic rings. The first-order valence-corrected chi connectivity index (χ1v) is 10.4. The van der Waals surface area contributed by atoms with Crippen molar-refractivity contribution in [1.29, 1.82) is 5.41 Å². The molecule has 0 unspecified atom stereocenters. The minimum absolute atomic E-state index is 0.135. The molecule has 0 spiro atoms. The molecule has 2 heterocycles. The van der Waals surface area contributed by atoms with Crippen LogP contribution in [0.15, 0.2) is 67.3 Å². The van der Waals surface area contributed by atoms with Crippen LogP contribution in [-0.4, -0.2) is 20.5 Å². The first-order chi connectivity index (χ1) is 11.4. The Morgan fingerprint density at radius 1 is 1.25 bits per heavy atom. The predicted molar refractivity (Wildman–Crippen MR) is 96.7 cm³/mol. The molecule has 3 rings (SSSR count). The van der Waals surface area contributed by atoms with Crippen LogP contribution in [0.3, 0.4) is 0 Å². The third-order valence-corrected chi connectivity index (χ3v) is 7.74. The second-order valence-corrected chi connectivity index (χ2v) is 8.97. The van der Waals surface area contributed by atoms with Crippen LogP contribution in [0.5, 0.6) is 0 Å². The van der Waals surface area contributed by atoms with Crippen LogP contribution in [0.4, 0.5) is 0 Å². The van der Waals surface area contributed by atoms with E-state index in [-0.39, 0.29) is 15.6 Å². The first-order valence-electron chi connectivity index (χ1n) is 6.83. The van der Waals surface area contributed by atoms with Gasteiger partial charge in [0.2, 0.25) is 9.84 Å². The summed E-state index contributed by atoms with van der Waals surface area (Å²) in [6.07, 6.45) is 4.91. The van der Waals surface area contributed by atoms with Crippen molar-refractivity contribution >= 4 is 38.8 Å². The summed E-state index contributed by atoms with van der Waals surface area (Å²) < 4.78 is 31.7. The lowest BCUT2D eigenvalue weighted by molar-refractivity contribution is 0.568. The topological polar surface area (TPSA) is 97.1 Å². The van der Waals surface area contributed by atoms with E-state index in [1.807, 2.05) is 6.07 Å². The molecular formula is C16H14N2O3S3. The van der Waals surface area contributed by atoms with E-state index in [4.69, 9.17) is 15.6 Å². The minimum Gasteiger partial charge on any atom is -0.472 e. The molecule has 0 radical (unpaired) electrons. The molecule has 0 bridgehead atoms. The highest BCUT2D eigenvalue weighted by atomic mass is 32.2. The number of nitrogens with two attached hydrogens (primary N) is 1. The van der Waals surface area contributed by atoms with Gasteiger partial charge in [0.25, 0.3) is 0 Å². The van der Waals surface area contributed by atoms with E-state index in [9.17, 15) is 8.42 Å². The van der Waals surface area contributed by atoms with E-state index in [1.165, 1.54) is 29.2 Å². The minimum atomic E-state index is -3.70. The summed E-state index contributed by atoms with van der Waals surface area (Å²) in [6, 6.07) is 9.96. The third-order valence-electron chi connectivity index (χ3n) is 3.41. The Labute approximate surface area is 147 Å². The van der Waals surface area contributed by atoms with Gasteiger partial charge in [-0.15, -0.1) is 23.1 Å². The molecule has 0 aliphatic rings. The highest BCUT2D eigenvalue weighted by Crippen LogP contribution is 2.37. The molecule has 2 aromatic heterocycles. The molecule has 0 fully saturated rings. The molecule has 0 saturated heterocycles. The van der Waals surface area contributed by atoms with Crippen LogP contribution in [0.25, 0.3) is 11.1 Å². The van der Waals surface area contributed by atoms with E-state index in [2.05, 4.69) is 0 Å². The van der Waals surface area contributed by atoms with Gasteiger partial charge in [-0.1, -0.05) is 12.1 Å². The Morgan fingerprint density at radius 2 is 2.04 bits per heavy atom. The van der Waals surface area contributed by atoms with Gasteiger partial charge in [0.05, 0.1) is 31.4 Å². The van der Waals surface area contributed by atoms with E-state index in [1.54, 1.807) is 43.0 Å². The number of rotatable bonds is 5. The lowest BCUT2D eigenvalue weighted by Crippen LogP contribution is -2.08. The molecule has 0 saturated carbocycles. The van der Waals surface area contributed by atoms with Crippen LogP contribution < -0.4 is 5.73 Å². The maximum Gasteiger partial charge on any atom is 0.208 e. The fraction of sp³-hybridized carbons (Fsp3) is 0.0625. The maximum absolute atomic E-state index is 13.0. The zero-order chi connectivity index (χ0) is 17.3. The molecule has 0 atom stereocenters. The number of nitrogen functional groups attached to an aromatic ring is 1. The lowest BCUT2D eigenvalue weighted by atomic mass is 10.1. The number of amidine groups is 1. The summed E-state index contributed by atoms with van der Waals surface area (Å²) in [4.78, 5) is 0.836. The Bertz CT molecular complexity index is 990. The van der Waals surface area contributed by atoms with E-state index >= 15 is 0 Å². The Morgan fingerprint density at radius 3 is 2.67 bits per heavy atom. The molecular weight excluding hydrogens is 364 g/mol. The normalized spacial score (nSPS) is 11.5. The summed E-state index contributed by atoms with van der Waals surface area (Å²) in [5.74, 6) is -0.135. The maximum atomic E-state index is 13.0. The highest BCUT2D eigenvalue weighted by molar-refractivity contribution is 8.01. The largest absolute Gasteiger partial charge is 0.472 e. The number of sulfone groups is 1. The Hall–Kier alpha value is -2.03. The van der Waals surface area contributed by atoms with Crippen molar-refractivity contribution in [2.45, 2.75) is 14.0 Å². The van der Waals surface area contributed by atoms with Gasteiger partial charge in [0.1, 0.15) is 5.84 Å². The number of thiophene rings is 1. The summed E-state index contributed by atoms with van der Waals surface area (Å²) in [6.45, 7) is 0. The van der Waals surface area contributed by atoms with E-state index in [0.717, 1.165) is 11.1 Å². The van der Waals surface area contributed by atoms with Crippen molar-refractivity contribution in [3.63, 3.8) is 0 Å². The van der Waals surface area contributed by atoms with Crippen molar-refractivity contribution in [1.82, 2.24) is 0 Å². The monoisotopic (exact) mass is 378 g/mol. The Kier molecular flexibility index (Phi) is 4.53. The second-order valence-electron chi connectivity index (χ2n) is 4.92. The fourth-order valence-corrected chi connectivity index (χ4v) is 6.12. The van der Waals surface area contributed by atoms with Gasteiger partial charge < -0.3 is 10.2 Å². The standard InChI is InChI=1S/C16H14N2O3S3/c1-22-16-14(8-13(23-16)15(17)18)24(19,20)12-4-2-3-10(7-12)11-5-6-21-9-11/h2-9H,1H3,(H3,17,18). The smallest absolute Gasteiger partial charge is 0.208 e. The Balaban J connectivity index is 2.12. The number of thioether (sulfide) groups is 1. The zero-order valence-corrected chi connectivity index (χ0v) is 15.1. The number of hydrogen-bond donors (Lipinski definition) is 2. The zero-order valence-electron chi connectivity index (χ0n) is 12.6. The second kappa shape index (κ2) is 6.46. The van der Waals surface area contributed by atoms with Crippen molar-refractivity contribution in [2.24, 2.45) is 5.73 Å². The lowest BCUT2D eigenvalue weighted by Gasteiger charge is -2.06. The fourth-order valence-electron chi connectivity index (χ4n) is 2.22. The molecule has 0 amide bonds. The van der Waals surface area contributed by atoms with Crippen LogP contribution in [-0.2, 0) is 9.84 Å². The van der Waals surface area contributed by atoms with Crippen molar-refractivity contribution in [2.75, 3.05) is 6.26 Å². The van der Waals surface area contributed by atoms with Gasteiger partial charge >= 0.3 is 0 Å². The van der Waals surface area contributed by atoms with E-state index in [0.29, 0.717) is 9.09 Å². The summed E-state index contributed by atoms with van der Waals surface area (Å²) in [7, 11) is -3.70. The van der Waals surface area contributed by atoms with Gasteiger partial charge in [0, 0.05) is 5.56 Å². The van der Waals surface area contributed by atoms with Crippen LogP contribution >= 0.6 is 23.1 Å². The van der Waals surface area contributed by atoms with Gasteiger partial charge in [-0.2, -0.15) is 0 Å². The van der Waals surface area contributed by atoms with Crippen molar-refractivity contribution in [3.05, 3.63) is 53.8 Å². The third kappa shape index (κ3) is 3.00. The predicted octanol–water partition coefficient (Wildman–Crippen LogP) is 3.85. The molecule has 3 N–H and O–H groups in total. The van der Waals surface area contributed by atoms with Crippen LogP contribution in [0.1, 0.15) is 4.88 Å². The first kappa shape index (κ1) is 16.8. The molecule has 1 aromatic carbocycles. The summed E-state index contributed by atoms with van der Waals surface area (Å²) in [5, 5.41) is 7.53. The molecule has 24 heavy (non-hydrogen) atoms. The molecule has 0 aliphatic heterocycles. The molecule has 8 heteroatoms. The SMILES string of the molecule is CSc1sc(C(=N)N)cc1S(=O)(=O)c1cccc(-c2ccoc2)c1. The number of furan rings is 1. The van der Waals surface area contributed by atoms with Gasteiger partial charge in [0.15, 0.2) is 0 Å². The van der Waals surface area contributed by atoms with Gasteiger partial charge in [-0.05, 0) is 36.1 Å². The van der Waals surface area contributed by atoms with Crippen LogP contribution in [0.2, 0.25) is 0 Å². The quantitative estimate of drug-likeness (QED) is 0.399. The molecule has 0 aliphatic carbocycles. The molecule has 5 nitrogen and oxygen atoms in total. The summed E-state index contributed by atoms with van der Waals surface area (Å²) in [5.41, 5.74) is 7.07. The van der Waals surface area contributed by atoms with E-state index < -0.39 is 9.84 Å². The number of hydrogen-bond acceptors (Lipinski definition) is 6. The number of nitrogens with one attached hydrogen (secondary N) is 1. The average Bonchev–Trinajstić information content (AvgIpc) is 3.24. The van der Waals surface area contributed by atoms with Gasteiger partial charge in [-0.25, -0.2) is 8.42 Å².